The number of aromatic amines is 1. The van der Waals surface area contributed by atoms with Gasteiger partial charge in [-0.25, -0.2) is 0 Å². The predicted molar refractivity (Wildman–Crippen MR) is 62.9 cm³/mol. The van der Waals surface area contributed by atoms with Gasteiger partial charge in [0.15, 0.2) is 0 Å². The molecule has 1 aliphatic carbocycles. The molecule has 2 heterocycles. The highest BCUT2D eigenvalue weighted by atomic mass is 16.7. The molecule has 3 rings (SSSR count). The highest BCUT2D eigenvalue weighted by molar-refractivity contribution is 5.12. The van der Waals surface area contributed by atoms with Crippen molar-refractivity contribution in [2.45, 2.75) is 44.3 Å². The maximum Gasteiger partial charge on any atom is 0.342 e. The summed E-state index contributed by atoms with van der Waals surface area (Å²) in [5.41, 5.74) is 0.277. The predicted octanol–water partition coefficient (Wildman–Crippen LogP) is 2.01. The lowest BCUT2D eigenvalue weighted by Gasteiger charge is -2.28. The number of rotatable bonds is 2. The Morgan fingerprint density at radius 1 is 1.67 bits per heavy atom. The van der Waals surface area contributed by atoms with E-state index in [1.807, 2.05) is 0 Å². The molecular weight excluding hydrogens is 238 g/mol. The van der Waals surface area contributed by atoms with Gasteiger partial charge in [-0.2, -0.15) is 0 Å². The number of ether oxygens (including phenoxy) is 2. The van der Waals surface area contributed by atoms with E-state index in [-0.39, 0.29) is 11.4 Å². The fourth-order valence-electron chi connectivity index (χ4n) is 1.89. The Hall–Kier alpha value is -1.47. The van der Waals surface area contributed by atoms with Crippen molar-refractivity contribution >= 4 is 5.82 Å². The van der Waals surface area contributed by atoms with E-state index in [1.165, 1.54) is 25.1 Å². The summed E-state index contributed by atoms with van der Waals surface area (Å²) >= 11 is 0. The second-order valence-electron chi connectivity index (χ2n) is 4.55. The number of nitro groups is 1. The number of nitrogens with one attached hydrogen (secondary N) is 1. The first-order chi connectivity index (χ1) is 8.65. The van der Waals surface area contributed by atoms with Gasteiger partial charge in [-0.05, 0) is 24.2 Å². The largest absolute Gasteiger partial charge is 0.358 e. The summed E-state index contributed by atoms with van der Waals surface area (Å²) in [6, 6.07) is 1.29. The molecule has 1 N–H and O–H groups in total. The molecule has 2 fully saturated rings. The third-order valence-electron chi connectivity index (χ3n) is 3.21. The van der Waals surface area contributed by atoms with Crippen molar-refractivity contribution in [3.8, 4) is 0 Å². The van der Waals surface area contributed by atoms with Crippen molar-refractivity contribution in [1.29, 1.82) is 0 Å². The minimum absolute atomic E-state index is 0.0787. The van der Waals surface area contributed by atoms with Crippen LogP contribution in [0.15, 0.2) is 12.3 Å². The van der Waals surface area contributed by atoms with Crippen molar-refractivity contribution in [1.82, 2.24) is 10.2 Å². The molecule has 1 aromatic rings. The van der Waals surface area contributed by atoms with Crippen molar-refractivity contribution in [3.63, 3.8) is 0 Å². The molecule has 0 aromatic carbocycles. The van der Waals surface area contributed by atoms with E-state index >= 15 is 0 Å². The lowest BCUT2D eigenvalue weighted by Crippen LogP contribution is -2.32. The van der Waals surface area contributed by atoms with Gasteiger partial charge in [-0.3, -0.25) is 0 Å². The summed E-state index contributed by atoms with van der Waals surface area (Å²) in [6.07, 6.45) is 6.57. The topological polar surface area (TPSA) is 90.3 Å². The standard InChI is InChI=1S/C8H14O2.C3H3N3O2/c1-2-7-5-8(3-4-8)10-6-9-7;7-6(8)3-1-2-4-5-3/h7H,2-6H2,1H3;1-2H,(H,4,5). The lowest BCUT2D eigenvalue weighted by molar-refractivity contribution is -0.389. The van der Waals surface area contributed by atoms with Crippen LogP contribution in [-0.4, -0.2) is 33.6 Å². The van der Waals surface area contributed by atoms with E-state index in [9.17, 15) is 10.1 Å². The molecule has 1 saturated carbocycles. The summed E-state index contributed by atoms with van der Waals surface area (Å²) in [4.78, 5) is 9.26. The number of H-pyrrole nitrogens is 1. The van der Waals surface area contributed by atoms with Crippen molar-refractivity contribution in [2.75, 3.05) is 6.79 Å². The van der Waals surface area contributed by atoms with E-state index in [1.54, 1.807) is 0 Å². The minimum Gasteiger partial charge on any atom is -0.358 e. The Balaban J connectivity index is 0.000000138. The van der Waals surface area contributed by atoms with Crippen molar-refractivity contribution in [3.05, 3.63) is 22.4 Å². The van der Waals surface area contributed by atoms with Crippen LogP contribution in [0.4, 0.5) is 5.82 Å². The van der Waals surface area contributed by atoms with E-state index in [4.69, 9.17) is 9.47 Å². The lowest BCUT2D eigenvalue weighted by atomic mass is 10.1. The fraction of sp³-hybridized carbons (Fsp3) is 0.727. The molecule has 100 valence electrons. The molecule has 1 unspecified atom stereocenters. The van der Waals surface area contributed by atoms with E-state index in [0.29, 0.717) is 12.9 Å². The van der Waals surface area contributed by atoms with Crippen LogP contribution in [0.2, 0.25) is 0 Å². The van der Waals surface area contributed by atoms with Gasteiger partial charge in [0.05, 0.1) is 24.0 Å². The van der Waals surface area contributed by atoms with Crippen LogP contribution < -0.4 is 0 Å². The highest BCUT2D eigenvalue weighted by Gasteiger charge is 2.47. The fourth-order valence-corrected chi connectivity index (χ4v) is 1.89. The van der Waals surface area contributed by atoms with Crippen LogP contribution in [0.5, 0.6) is 0 Å². The monoisotopic (exact) mass is 255 g/mol. The summed E-state index contributed by atoms with van der Waals surface area (Å²) < 4.78 is 10.9. The molecular formula is C11H17N3O4. The van der Waals surface area contributed by atoms with Crippen LogP contribution in [0.1, 0.15) is 32.6 Å². The van der Waals surface area contributed by atoms with Gasteiger partial charge in [0.1, 0.15) is 6.79 Å². The first kappa shape index (κ1) is 13.0. The maximum atomic E-state index is 9.80. The molecule has 18 heavy (non-hydrogen) atoms. The molecule has 0 radical (unpaired) electrons. The Morgan fingerprint density at radius 2 is 2.44 bits per heavy atom. The first-order valence-corrected chi connectivity index (χ1v) is 6.04. The highest BCUT2D eigenvalue weighted by Crippen LogP contribution is 2.46. The Morgan fingerprint density at radius 3 is 2.89 bits per heavy atom. The summed E-state index contributed by atoms with van der Waals surface area (Å²) in [7, 11) is 0. The van der Waals surface area contributed by atoms with Gasteiger partial charge in [-0.15, -0.1) is 5.10 Å². The normalized spacial score (nSPS) is 24.2. The molecule has 1 aliphatic heterocycles. The Bertz CT molecular complexity index is 389. The molecule has 0 amide bonds. The van der Waals surface area contributed by atoms with Gasteiger partial charge in [-0.1, -0.05) is 12.0 Å². The van der Waals surface area contributed by atoms with Gasteiger partial charge in [0.25, 0.3) is 0 Å². The summed E-state index contributed by atoms with van der Waals surface area (Å²) in [6.45, 7) is 2.70. The van der Waals surface area contributed by atoms with Gasteiger partial charge < -0.3 is 19.6 Å². The van der Waals surface area contributed by atoms with Crippen LogP contribution >= 0.6 is 0 Å². The van der Waals surface area contributed by atoms with Crippen LogP contribution in [-0.2, 0) is 9.47 Å². The third-order valence-corrected chi connectivity index (χ3v) is 3.21. The van der Waals surface area contributed by atoms with Gasteiger partial charge >= 0.3 is 5.82 Å². The average Bonchev–Trinajstić information content (AvgIpc) is 2.92. The van der Waals surface area contributed by atoms with Crippen LogP contribution in [0, 0.1) is 10.1 Å². The van der Waals surface area contributed by atoms with Gasteiger partial charge in [0, 0.05) is 6.42 Å². The second kappa shape index (κ2) is 5.45. The molecule has 1 spiro atoms. The molecule has 1 atom stereocenters. The van der Waals surface area contributed by atoms with Crippen LogP contribution in [0.25, 0.3) is 0 Å². The molecule has 1 aromatic heterocycles. The van der Waals surface area contributed by atoms with Gasteiger partial charge in [0.2, 0.25) is 0 Å². The summed E-state index contributed by atoms with van der Waals surface area (Å²) in [5, 5.41) is 15.4. The number of hydrogen-bond donors (Lipinski definition) is 1. The van der Waals surface area contributed by atoms with Crippen molar-refractivity contribution in [2.24, 2.45) is 0 Å². The van der Waals surface area contributed by atoms with Crippen molar-refractivity contribution < 1.29 is 14.4 Å². The Labute approximate surface area is 105 Å². The zero-order chi connectivity index (χ0) is 13.0. The SMILES string of the molecule is CCC1CC2(CC2)OCO1.O=[N+]([O-])c1ccn[nH]1. The zero-order valence-corrected chi connectivity index (χ0v) is 10.3. The smallest absolute Gasteiger partial charge is 0.342 e. The minimum atomic E-state index is -0.535. The Kier molecular flexibility index (Phi) is 3.93. The summed E-state index contributed by atoms with van der Waals surface area (Å²) in [5.74, 6) is -0.0787. The second-order valence-corrected chi connectivity index (χ2v) is 4.55. The zero-order valence-electron chi connectivity index (χ0n) is 10.3. The third kappa shape index (κ3) is 3.27. The number of hydrogen-bond acceptors (Lipinski definition) is 5. The van der Waals surface area contributed by atoms with E-state index in [0.717, 1.165) is 12.8 Å². The average molecular weight is 255 g/mol. The number of aromatic nitrogens is 2. The van der Waals surface area contributed by atoms with Crippen LogP contribution in [0.3, 0.4) is 0 Å². The maximum absolute atomic E-state index is 9.80. The molecule has 7 nitrogen and oxygen atoms in total. The molecule has 1 saturated heterocycles. The first-order valence-electron chi connectivity index (χ1n) is 6.04. The molecule has 7 heteroatoms. The van der Waals surface area contributed by atoms with E-state index < -0.39 is 4.92 Å². The molecule has 2 aliphatic rings. The quantitative estimate of drug-likeness (QED) is 0.644. The van der Waals surface area contributed by atoms with E-state index in [2.05, 4.69) is 17.1 Å². The number of nitrogens with zero attached hydrogens (tertiary/aromatic N) is 2. The molecule has 0 bridgehead atoms.